The summed E-state index contributed by atoms with van der Waals surface area (Å²) in [5.41, 5.74) is 1.84. The topological polar surface area (TPSA) is 71.8 Å². The third kappa shape index (κ3) is 2.36. The van der Waals surface area contributed by atoms with Crippen LogP contribution in [0.4, 0.5) is 10.5 Å². The van der Waals surface area contributed by atoms with Gasteiger partial charge in [0.05, 0.1) is 19.9 Å². The van der Waals surface area contributed by atoms with Gasteiger partial charge >= 0.3 is 6.09 Å². The highest BCUT2D eigenvalue weighted by Crippen LogP contribution is 2.55. The van der Waals surface area contributed by atoms with E-state index in [1.807, 2.05) is 54.6 Å². The number of para-hydroxylation sites is 1. The fraction of sp³-hybridized carbons (Fsp3) is 0.238. The van der Waals surface area contributed by atoms with E-state index in [1.54, 1.807) is 0 Å². The molecule has 2 atom stereocenters. The molecule has 6 nitrogen and oxygen atoms in total. The Labute approximate surface area is 157 Å². The summed E-state index contributed by atoms with van der Waals surface area (Å²) in [5.74, 6) is 0.141. The van der Waals surface area contributed by atoms with Crippen LogP contribution in [-0.4, -0.2) is 26.4 Å². The van der Waals surface area contributed by atoms with Crippen LogP contribution >= 0.6 is 0 Å². The summed E-state index contributed by atoms with van der Waals surface area (Å²) in [6.07, 6.45) is -0.0720. The molecule has 0 saturated carbocycles. The van der Waals surface area contributed by atoms with E-state index in [0.29, 0.717) is 12.1 Å². The quantitative estimate of drug-likeness (QED) is 0.836. The standard InChI is InChI=1S/C21H18N2O4/c1-25-19-15(13-22)18-21(27-19,12-14-8-4-3-5-9-14)16-10-6-7-11-17(16)23(18)20(24)26-2/h3-11,18H,12H2,1-2H3. The summed E-state index contributed by atoms with van der Waals surface area (Å²) in [6.45, 7) is 0. The average Bonchev–Trinajstić information content (AvgIpc) is 3.16. The van der Waals surface area contributed by atoms with Gasteiger partial charge < -0.3 is 14.2 Å². The van der Waals surface area contributed by atoms with Crippen molar-refractivity contribution in [2.75, 3.05) is 19.1 Å². The Morgan fingerprint density at radius 3 is 2.56 bits per heavy atom. The number of methoxy groups -OCH3 is 2. The molecular formula is C21H18N2O4. The molecule has 1 amide bonds. The van der Waals surface area contributed by atoms with Crippen molar-refractivity contribution in [2.24, 2.45) is 0 Å². The molecule has 0 aromatic heterocycles. The predicted octanol–water partition coefficient (Wildman–Crippen LogP) is 3.49. The minimum Gasteiger partial charge on any atom is -0.468 e. The molecule has 2 unspecified atom stereocenters. The number of rotatable bonds is 3. The van der Waals surface area contributed by atoms with Crippen LogP contribution in [0.15, 0.2) is 66.1 Å². The second-order valence-electron chi connectivity index (χ2n) is 6.43. The lowest BCUT2D eigenvalue weighted by atomic mass is 9.82. The van der Waals surface area contributed by atoms with Gasteiger partial charge in [0.15, 0.2) is 5.60 Å². The van der Waals surface area contributed by atoms with Crippen molar-refractivity contribution in [1.82, 2.24) is 0 Å². The largest absolute Gasteiger partial charge is 0.468 e. The van der Waals surface area contributed by atoms with Crippen LogP contribution < -0.4 is 4.90 Å². The number of benzene rings is 2. The molecule has 0 saturated heterocycles. The zero-order chi connectivity index (χ0) is 19.0. The second kappa shape index (κ2) is 6.36. The summed E-state index contributed by atoms with van der Waals surface area (Å²) in [5, 5.41) is 9.80. The van der Waals surface area contributed by atoms with Gasteiger partial charge in [-0.05, 0) is 11.6 Å². The number of fused-ring (bicyclic) bond motifs is 3. The number of anilines is 1. The Balaban J connectivity index is 1.94. The number of nitriles is 1. The molecule has 2 aromatic rings. The van der Waals surface area contributed by atoms with Crippen molar-refractivity contribution in [3.05, 3.63) is 77.2 Å². The maximum atomic E-state index is 12.6. The van der Waals surface area contributed by atoms with Crippen LogP contribution in [0.3, 0.4) is 0 Å². The molecule has 2 heterocycles. The average molecular weight is 362 g/mol. The number of amides is 1. The highest BCUT2D eigenvalue weighted by atomic mass is 16.7. The molecule has 0 radical (unpaired) electrons. The van der Waals surface area contributed by atoms with Crippen molar-refractivity contribution in [2.45, 2.75) is 18.1 Å². The first-order valence-corrected chi connectivity index (χ1v) is 8.54. The maximum absolute atomic E-state index is 12.6. The van der Waals surface area contributed by atoms with Gasteiger partial charge in [-0.15, -0.1) is 0 Å². The molecule has 136 valence electrons. The Hall–Kier alpha value is -3.46. The van der Waals surface area contributed by atoms with Crippen molar-refractivity contribution in [3.8, 4) is 6.07 Å². The summed E-state index contributed by atoms with van der Waals surface area (Å²) < 4.78 is 16.6. The van der Waals surface area contributed by atoms with Gasteiger partial charge in [-0.1, -0.05) is 48.5 Å². The number of carbonyl (C=O) groups is 1. The molecular weight excluding hydrogens is 344 g/mol. The lowest BCUT2D eigenvalue weighted by Crippen LogP contribution is -2.47. The molecule has 6 heteroatoms. The van der Waals surface area contributed by atoms with E-state index in [-0.39, 0.29) is 11.5 Å². The number of ether oxygens (including phenoxy) is 3. The van der Waals surface area contributed by atoms with E-state index < -0.39 is 17.7 Å². The normalized spacial score (nSPS) is 22.6. The monoisotopic (exact) mass is 362 g/mol. The van der Waals surface area contributed by atoms with E-state index >= 15 is 0 Å². The van der Waals surface area contributed by atoms with Crippen LogP contribution in [0.25, 0.3) is 0 Å². The summed E-state index contributed by atoms with van der Waals surface area (Å²) in [6, 6.07) is 18.8. The van der Waals surface area contributed by atoms with Crippen LogP contribution in [0.2, 0.25) is 0 Å². The molecule has 0 fully saturated rings. The van der Waals surface area contributed by atoms with Gasteiger partial charge in [0.1, 0.15) is 17.7 Å². The number of carbonyl (C=O) groups excluding carboxylic acids is 1. The first kappa shape index (κ1) is 17.0. The fourth-order valence-electron chi connectivity index (χ4n) is 4.03. The molecule has 2 aromatic carbocycles. The van der Waals surface area contributed by atoms with Crippen LogP contribution in [-0.2, 0) is 26.2 Å². The lowest BCUT2D eigenvalue weighted by Gasteiger charge is -2.31. The van der Waals surface area contributed by atoms with Crippen LogP contribution in [0, 0.1) is 11.3 Å². The maximum Gasteiger partial charge on any atom is 0.414 e. The number of hydrogen-bond donors (Lipinski definition) is 0. The molecule has 4 rings (SSSR count). The van der Waals surface area contributed by atoms with Gasteiger partial charge in [-0.25, -0.2) is 4.79 Å². The Kier molecular flexibility index (Phi) is 4.00. The van der Waals surface area contributed by atoms with E-state index in [4.69, 9.17) is 14.2 Å². The van der Waals surface area contributed by atoms with Crippen molar-refractivity contribution < 1.29 is 19.0 Å². The van der Waals surface area contributed by atoms with Crippen LogP contribution in [0.1, 0.15) is 11.1 Å². The van der Waals surface area contributed by atoms with Gasteiger partial charge in [0.25, 0.3) is 5.95 Å². The van der Waals surface area contributed by atoms with E-state index in [2.05, 4.69) is 6.07 Å². The highest BCUT2D eigenvalue weighted by Gasteiger charge is 2.62. The molecule has 27 heavy (non-hydrogen) atoms. The minimum absolute atomic E-state index is 0.141. The first-order valence-electron chi connectivity index (χ1n) is 8.54. The Bertz CT molecular complexity index is 964. The summed E-state index contributed by atoms with van der Waals surface area (Å²) in [4.78, 5) is 14.1. The Morgan fingerprint density at radius 1 is 1.19 bits per heavy atom. The number of hydrogen-bond acceptors (Lipinski definition) is 5. The summed E-state index contributed by atoms with van der Waals surface area (Å²) in [7, 11) is 2.78. The highest BCUT2D eigenvalue weighted by molar-refractivity contribution is 5.94. The smallest absolute Gasteiger partial charge is 0.414 e. The van der Waals surface area contributed by atoms with Crippen molar-refractivity contribution in [1.29, 1.82) is 5.26 Å². The fourth-order valence-corrected chi connectivity index (χ4v) is 4.03. The molecule has 2 aliphatic rings. The molecule has 0 N–H and O–H groups in total. The molecule has 2 aliphatic heterocycles. The molecule has 0 spiro atoms. The van der Waals surface area contributed by atoms with Crippen molar-refractivity contribution >= 4 is 11.8 Å². The lowest BCUT2D eigenvalue weighted by molar-refractivity contribution is -0.0452. The van der Waals surface area contributed by atoms with E-state index in [9.17, 15) is 10.1 Å². The Morgan fingerprint density at radius 2 is 1.89 bits per heavy atom. The molecule has 0 aliphatic carbocycles. The molecule has 0 bridgehead atoms. The SMILES string of the molecule is COC(=O)N1c2ccccc2C2(Cc3ccccc3)OC(OC)=C(C#N)C12. The van der Waals surface area contributed by atoms with Gasteiger partial charge in [0, 0.05) is 12.0 Å². The van der Waals surface area contributed by atoms with Gasteiger partial charge in [-0.2, -0.15) is 5.26 Å². The van der Waals surface area contributed by atoms with Crippen LogP contribution in [0.5, 0.6) is 0 Å². The van der Waals surface area contributed by atoms with E-state index in [0.717, 1.165) is 11.1 Å². The first-order chi connectivity index (χ1) is 13.2. The van der Waals surface area contributed by atoms with Gasteiger partial charge in [0.2, 0.25) is 0 Å². The third-order valence-corrected chi connectivity index (χ3v) is 5.07. The zero-order valence-corrected chi connectivity index (χ0v) is 15.0. The third-order valence-electron chi connectivity index (χ3n) is 5.07. The van der Waals surface area contributed by atoms with Crippen molar-refractivity contribution in [3.63, 3.8) is 0 Å². The zero-order valence-electron chi connectivity index (χ0n) is 15.0. The second-order valence-corrected chi connectivity index (χ2v) is 6.43. The minimum atomic E-state index is -0.956. The number of nitrogens with zero attached hydrogens (tertiary/aromatic N) is 2. The van der Waals surface area contributed by atoms with Gasteiger partial charge in [-0.3, -0.25) is 4.90 Å². The summed E-state index contributed by atoms with van der Waals surface area (Å²) >= 11 is 0. The predicted molar refractivity (Wildman–Crippen MR) is 97.7 cm³/mol. The van der Waals surface area contributed by atoms with E-state index in [1.165, 1.54) is 19.1 Å².